The number of nitrogens with two attached hydrogens (primary N) is 1. The molecule has 3 nitrogen and oxygen atoms in total. The first-order chi connectivity index (χ1) is 10.3. The van der Waals surface area contributed by atoms with E-state index in [1.54, 1.807) is 22.7 Å². The largest absolute Gasteiger partial charge is 0.485 e. The van der Waals surface area contributed by atoms with Gasteiger partial charge in [-0.2, -0.15) is 0 Å². The fourth-order valence-corrected chi connectivity index (χ4v) is 4.39. The van der Waals surface area contributed by atoms with Crippen LogP contribution in [0.25, 0.3) is 20.2 Å². The first-order valence-electron chi connectivity index (χ1n) is 6.65. The van der Waals surface area contributed by atoms with Gasteiger partial charge < -0.3 is 15.2 Å². The number of anilines is 1. The summed E-state index contributed by atoms with van der Waals surface area (Å²) in [6.07, 6.45) is 0. The molecule has 21 heavy (non-hydrogen) atoms. The molecule has 0 radical (unpaired) electrons. The highest BCUT2D eigenvalue weighted by Crippen LogP contribution is 2.54. The van der Waals surface area contributed by atoms with E-state index in [-0.39, 0.29) is 0 Å². The smallest absolute Gasteiger partial charge is 0.181 e. The van der Waals surface area contributed by atoms with Crippen LogP contribution in [0.5, 0.6) is 11.5 Å². The van der Waals surface area contributed by atoms with E-state index in [1.807, 2.05) is 24.3 Å². The zero-order chi connectivity index (χ0) is 14.2. The number of rotatable bonds is 2. The summed E-state index contributed by atoms with van der Waals surface area (Å²) in [6.45, 7) is 1.19. The number of hydrogen-bond acceptors (Lipinski definition) is 5. The van der Waals surface area contributed by atoms with Crippen molar-refractivity contribution in [1.82, 2.24) is 0 Å². The van der Waals surface area contributed by atoms with Gasteiger partial charge in [-0.05, 0) is 29.1 Å². The quantitative estimate of drug-likeness (QED) is 0.708. The maximum absolute atomic E-state index is 5.88. The summed E-state index contributed by atoms with van der Waals surface area (Å²) >= 11 is 3.43. The van der Waals surface area contributed by atoms with Crippen molar-refractivity contribution in [2.24, 2.45) is 0 Å². The first kappa shape index (κ1) is 12.7. The number of benzene rings is 1. The fourth-order valence-electron chi connectivity index (χ4n) is 2.35. The van der Waals surface area contributed by atoms with E-state index >= 15 is 0 Å². The molecule has 2 aromatic heterocycles. The molecule has 106 valence electrons. The zero-order valence-corrected chi connectivity index (χ0v) is 12.8. The molecule has 1 aliphatic heterocycles. The van der Waals surface area contributed by atoms with Crippen molar-refractivity contribution in [3.63, 3.8) is 0 Å². The molecule has 0 saturated carbocycles. The van der Waals surface area contributed by atoms with Crippen LogP contribution in [0.15, 0.2) is 41.8 Å². The van der Waals surface area contributed by atoms with Crippen molar-refractivity contribution < 1.29 is 9.47 Å². The van der Waals surface area contributed by atoms with E-state index in [4.69, 9.17) is 15.2 Å². The van der Waals surface area contributed by atoms with Gasteiger partial charge in [0.05, 0.1) is 9.75 Å². The van der Waals surface area contributed by atoms with Gasteiger partial charge in [-0.1, -0.05) is 18.2 Å². The highest BCUT2D eigenvalue weighted by atomic mass is 32.1. The average molecular weight is 315 g/mol. The van der Waals surface area contributed by atoms with Gasteiger partial charge in [-0.15, -0.1) is 22.7 Å². The predicted octanol–water partition coefficient (Wildman–Crippen LogP) is 4.50. The monoisotopic (exact) mass is 315 g/mol. The van der Waals surface area contributed by atoms with Crippen molar-refractivity contribution in [3.8, 4) is 31.7 Å². The molecule has 0 amide bonds. The van der Waals surface area contributed by atoms with Gasteiger partial charge in [0, 0.05) is 10.6 Å². The Kier molecular flexibility index (Phi) is 3.09. The highest BCUT2D eigenvalue weighted by molar-refractivity contribution is 7.24. The Morgan fingerprint density at radius 1 is 0.905 bits per heavy atom. The van der Waals surface area contributed by atoms with Crippen molar-refractivity contribution in [2.75, 3.05) is 18.9 Å². The van der Waals surface area contributed by atoms with Crippen LogP contribution in [-0.4, -0.2) is 13.2 Å². The molecule has 4 rings (SSSR count). The van der Waals surface area contributed by atoms with Crippen LogP contribution in [-0.2, 0) is 0 Å². The maximum Gasteiger partial charge on any atom is 0.181 e. The van der Waals surface area contributed by atoms with Crippen molar-refractivity contribution in [1.29, 1.82) is 0 Å². The van der Waals surface area contributed by atoms with E-state index in [0.717, 1.165) is 32.5 Å². The molecular weight excluding hydrogens is 302 g/mol. The van der Waals surface area contributed by atoms with Crippen LogP contribution in [0.1, 0.15) is 0 Å². The van der Waals surface area contributed by atoms with Crippen LogP contribution in [0, 0.1) is 0 Å². The van der Waals surface area contributed by atoms with Gasteiger partial charge in [-0.3, -0.25) is 0 Å². The lowest BCUT2D eigenvalue weighted by Gasteiger charge is -2.17. The van der Waals surface area contributed by atoms with Crippen molar-refractivity contribution in [2.45, 2.75) is 0 Å². The van der Waals surface area contributed by atoms with Gasteiger partial charge >= 0.3 is 0 Å². The number of fused-ring (bicyclic) bond motifs is 1. The number of nitrogen functional groups attached to an aromatic ring is 1. The third kappa shape index (κ3) is 2.18. The topological polar surface area (TPSA) is 44.5 Å². The third-order valence-electron chi connectivity index (χ3n) is 3.32. The highest BCUT2D eigenvalue weighted by Gasteiger charge is 2.26. The predicted molar refractivity (Wildman–Crippen MR) is 88.5 cm³/mol. The van der Waals surface area contributed by atoms with Crippen LogP contribution in [0.4, 0.5) is 5.69 Å². The summed E-state index contributed by atoms with van der Waals surface area (Å²) in [5.41, 5.74) is 7.65. The lowest BCUT2D eigenvalue weighted by molar-refractivity contribution is 0.175. The van der Waals surface area contributed by atoms with E-state index in [9.17, 15) is 0 Å². The maximum atomic E-state index is 5.88. The minimum atomic E-state index is 0.593. The van der Waals surface area contributed by atoms with Crippen molar-refractivity contribution >= 4 is 28.4 Å². The standard InChI is InChI=1S/C16H13NO2S2/c17-11-5-3-10(4-6-11)15-13-14(19-8-7-18-13)16(21-15)12-2-1-9-20-12/h1-6,9H,7-8,17H2. The van der Waals surface area contributed by atoms with Gasteiger partial charge in [0.2, 0.25) is 0 Å². The molecule has 3 heterocycles. The molecule has 5 heteroatoms. The molecule has 1 aromatic carbocycles. The minimum absolute atomic E-state index is 0.593. The summed E-state index contributed by atoms with van der Waals surface area (Å²) in [4.78, 5) is 3.46. The zero-order valence-electron chi connectivity index (χ0n) is 11.2. The Labute approximate surface area is 130 Å². The molecule has 0 aliphatic carbocycles. The van der Waals surface area contributed by atoms with Crippen LogP contribution >= 0.6 is 22.7 Å². The van der Waals surface area contributed by atoms with Gasteiger partial charge in [0.15, 0.2) is 11.5 Å². The van der Waals surface area contributed by atoms with Gasteiger partial charge in [0.25, 0.3) is 0 Å². The van der Waals surface area contributed by atoms with Crippen molar-refractivity contribution in [3.05, 3.63) is 41.8 Å². The second-order valence-electron chi connectivity index (χ2n) is 4.71. The Morgan fingerprint density at radius 3 is 2.29 bits per heavy atom. The summed E-state index contributed by atoms with van der Waals surface area (Å²) < 4.78 is 11.7. The fraction of sp³-hybridized carbons (Fsp3) is 0.125. The summed E-state index contributed by atoms with van der Waals surface area (Å²) in [5.74, 6) is 1.74. The minimum Gasteiger partial charge on any atom is -0.485 e. The number of thiophene rings is 2. The molecule has 0 atom stereocenters. The summed E-state index contributed by atoms with van der Waals surface area (Å²) in [5, 5.41) is 2.08. The average Bonchev–Trinajstić information content (AvgIpc) is 3.15. The molecule has 0 unspecified atom stereocenters. The third-order valence-corrected chi connectivity index (χ3v) is 5.57. The SMILES string of the molecule is Nc1ccc(-c2sc(-c3cccs3)c3c2OCCO3)cc1. The van der Waals surface area contributed by atoms with Gasteiger partial charge in [0.1, 0.15) is 13.2 Å². The van der Waals surface area contributed by atoms with E-state index in [0.29, 0.717) is 13.2 Å². The van der Waals surface area contributed by atoms with E-state index in [1.165, 1.54) is 4.88 Å². The molecule has 2 N–H and O–H groups in total. The molecule has 0 fully saturated rings. The Morgan fingerprint density at radius 2 is 1.62 bits per heavy atom. The lowest BCUT2D eigenvalue weighted by Crippen LogP contribution is -2.14. The first-order valence-corrected chi connectivity index (χ1v) is 8.35. The Bertz CT molecular complexity index is 760. The lowest BCUT2D eigenvalue weighted by atomic mass is 10.1. The number of ether oxygens (including phenoxy) is 2. The molecule has 0 spiro atoms. The Balaban J connectivity index is 1.89. The Hall–Kier alpha value is -1.98. The molecule has 0 saturated heterocycles. The normalized spacial score (nSPS) is 13.3. The molecule has 3 aromatic rings. The van der Waals surface area contributed by atoms with Gasteiger partial charge in [-0.25, -0.2) is 0 Å². The van der Waals surface area contributed by atoms with Crippen LogP contribution in [0.3, 0.4) is 0 Å². The van der Waals surface area contributed by atoms with E-state index in [2.05, 4.69) is 17.5 Å². The van der Waals surface area contributed by atoms with Crippen LogP contribution < -0.4 is 15.2 Å². The molecule has 1 aliphatic rings. The second kappa shape index (κ2) is 5.09. The molecular formula is C16H13NO2S2. The second-order valence-corrected chi connectivity index (χ2v) is 6.68. The molecule has 0 bridgehead atoms. The van der Waals surface area contributed by atoms with Crippen LogP contribution in [0.2, 0.25) is 0 Å². The summed E-state index contributed by atoms with van der Waals surface area (Å²) in [7, 11) is 0. The summed E-state index contributed by atoms with van der Waals surface area (Å²) in [6, 6.07) is 12.0. The number of hydrogen-bond donors (Lipinski definition) is 1. The van der Waals surface area contributed by atoms with E-state index < -0.39 is 0 Å².